The maximum atomic E-state index is 5.93. The summed E-state index contributed by atoms with van der Waals surface area (Å²) in [7, 11) is 0. The van der Waals surface area contributed by atoms with E-state index in [4.69, 9.17) is 5.73 Å². The molecule has 1 unspecified atom stereocenters. The Hall–Kier alpha value is -1.16. The molecule has 0 aliphatic carbocycles. The molecule has 0 spiro atoms. The third-order valence-electron chi connectivity index (χ3n) is 3.13. The van der Waals surface area contributed by atoms with Gasteiger partial charge >= 0.3 is 0 Å². The van der Waals surface area contributed by atoms with Crippen LogP contribution in [0.1, 0.15) is 58.5 Å². The summed E-state index contributed by atoms with van der Waals surface area (Å²) in [5, 5.41) is 3.50. The molecule has 0 aromatic carbocycles. The predicted octanol–water partition coefficient (Wildman–Crippen LogP) is 3.08. The first-order valence-corrected chi connectivity index (χ1v) is 7.09. The van der Waals surface area contributed by atoms with E-state index in [0.717, 1.165) is 23.8 Å². The Bertz CT molecular complexity index is 415. The zero-order chi connectivity index (χ0) is 14.6. The normalized spacial score (nSPS) is 14.8. The van der Waals surface area contributed by atoms with Crippen molar-refractivity contribution in [1.29, 1.82) is 0 Å². The monoisotopic (exact) mass is 264 g/mol. The molecule has 1 aromatic rings. The van der Waals surface area contributed by atoms with Crippen molar-refractivity contribution in [2.24, 2.45) is 11.7 Å². The number of hydrogen-bond donors (Lipinski definition) is 2. The Balaban J connectivity index is 2.97. The Morgan fingerprint density at radius 1 is 1.26 bits per heavy atom. The van der Waals surface area contributed by atoms with E-state index < -0.39 is 0 Å². The molecule has 0 radical (unpaired) electrons. The minimum atomic E-state index is -0.122. The molecule has 19 heavy (non-hydrogen) atoms. The molecular formula is C15H28N4. The number of nitrogens with zero attached hydrogens (tertiary/aromatic N) is 2. The van der Waals surface area contributed by atoms with Gasteiger partial charge in [0.15, 0.2) is 0 Å². The van der Waals surface area contributed by atoms with Gasteiger partial charge in [0.25, 0.3) is 0 Å². The molecule has 0 fully saturated rings. The molecular weight excluding hydrogens is 236 g/mol. The predicted molar refractivity (Wildman–Crippen MR) is 81.4 cm³/mol. The topological polar surface area (TPSA) is 63.8 Å². The van der Waals surface area contributed by atoms with Crippen molar-refractivity contribution in [3.05, 3.63) is 17.6 Å². The first-order valence-electron chi connectivity index (χ1n) is 7.09. The SMILES string of the molecule is Cc1cc(NC(C)(CN)CC(C)C)nc(C(C)C)n1. The highest BCUT2D eigenvalue weighted by atomic mass is 15.1. The van der Waals surface area contributed by atoms with Gasteiger partial charge in [-0.1, -0.05) is 27.7 Å². The second-order valence-electron chi connectivity index (χ2n) is 6.40. The lowest BCUT2D eigenvalue weighted by Gasteiger charge is -2.32. The van der Waals surface area contributed by atoms with Crippen molar-refractivity contribution in [1.82, 2.24) is 9.97 Å². The van der Waals surface area contributed by atoms with Gasteiger partial charge in [-0.05, 0) is 26.2 Å². The molecule has 0 aliphatic rings. The summed E-state index contributed by atoms with van der Waals surface area (Å²) >= 11 is 0. The van der Waals surface area contributed by atoms with Crippen LogP contribution in [0.25, 0.3) is 0 Å². The zero-order valence-electron chi connectivity index (χ0n) is 13.1. The molecule has 4 nitrogen and oxygen atoms in total. The average molecular weight is 264 g/mol. The van der Waals surface area contributed by atoms with Gasteiger partial charge in [-0.2, -0.15) is 0 Å². The maximum absolute atomic E-state index is 5.93. The van der Waals surface area contributed by atoms with Crippen molar-refractivity contribution >= 4 is 5.82 Å². The van der Waals surface area contributed by atoms with Crippen LogP contribution >= 0.6 is 0 Å². The number of aromatic nitrogens is 2. The zero-order valence-corrected chi connectivity index (χ0v) is 13.1. The van der Waals surface area contributed by atoms with Gasteiger partial charge in [0.2, 0.25) is 0 Å². The highest BCUT2D eigenvalue weighted by Gasteiger charge is 2.24. The number of aryl methyl sites for hydroxylation is 1. The van der Waals surface area contributed by atoms with Crippen LogP contribution in [0.4, 0.5) is 5.82 Å². The van der Waals surface area contributed by atoms with Crippen molar-refractivity contribution in [2.75, 3.05) is 11.9 Å². The van der Waals surface area contributed by atoms with Gasteiger partial charge in [-0.3, -0.25) is 0 Å². The first-order chi connectivity index (χ1) is 8.75. The van der Waals surface area contributed by atoms with Gasteiger partial charge in [-0.25, -0.2) is 9.97 Å². The van der Waals surface area contributed by atoms with Crippen molar-refractivity contribution in [3.63, 3.8) is 0 Å². The Morgan fingerprint density at radius 2 is 1.89 bits per heavy atom. The van der Waals surface area contributed by atoms with E-state index in [0.29, 0.717) is 18.4 Å². The van der Waals surface area contributed by atoms with Gasteiger partial charge in [0, 0.05) is 29.8 Å². The van der Waals surface area contributed by atoms with Crippen LogP contribution in [-0.2, 0) is 0 Å². The fraction of sp³-hybridized carbons (Fsp3) is 0.733. The van der Waals surface area contributed by atoms with E-state index >= 15 is 0 Å². The van der Waals surface area contributed by atoms with Crippen LogP contribution in [0, 0.1) is 12.8 Å². The standard InChI is InChI=1S/C15H28N4/c1-10(2)8-15(6,9-16)19-13-7-12(5)17-14(18-13)11(3)4/h7,10-11H,8-9,16H2,1-6H3,(H,17,18,19). The molecule has 1 heterocycles. The number of nitrogens with one attached hydrogen (secondary N) is 1. The van der Waals surface area contributed by atoms with Crippen LogP contribution in [0.15, 0.2) is 6.07 Å². The highest BCUT2D eigenvalue weighted by molar-refractivity contribution is 5.39. The van der Waals surface area contributed by atoms with Gasteiger partial charge in [0.05, 0.1) is 0 Å². The largest absolute Gasteiger partial charge is 0.364 e. The molecule has 1 atom stereocenters. The molecule has 1 rings (SSSR count). The summed E-state index contributed by atoms with van der Waals surface area (Å²) in [5.41, 5.74) is 6.80. The summed E-state index contributed by atoms with van der Waals surface area (Å²) in [5.74, 6) is 2.68. The summed E-state index contributed by atoms with van der Waals surface area (Å²) in [6, 6.07) is 1.99. The fourth-order valence-electron chi connectivity index (χ4n) is 2.31. The van der Waals surface area contributed by atoms with E-state index in [2.05, 4.69) is 49.9 Å². The van der Waals surface area contributed by atoms with E-state index in [1.165, 1.54) is 0 Å². The van der Waals surface area contributed by atoms with Gasteiger partial charge in [0.1, 0.15) is 11.6 Å². The van der Waals surface area contributed by atoms with Crippen LogP contribution < -0.4 is 11.1 Å². The third-order valence-corrected chi connectivity index (χ3v) is 3.13. The average Bonchev–Trinajstić information content (AvgIpc) is 2.26. The molecule has 0 saturated carbocycles. The van der Waals surface area contributed by atoms with Crippen LogP contribution in [-0.4, -0.2) is 22.1 Å². The number of hydrogen-bond acceptors (Lipinski definition) is 4. The van der Waals surface area contributed by atoms with Crippen LogP contribution in [0.5, 0.6) is 0 Å². The van der Waals surface area contributed by atoms with Crippen LogP contribution in [0.3, 0.4) is 0 Å². The molecule has 0 bridgehead atoms. The van der Waals surface area contributed by atoms with Gasteiger partial charge < -0.3 is 11.1 Å². The second kappa shape index (κ2) is 6.33. The van der Waals surface area contributed by atoms with E-state index in [1.54, 1.807) is 0 Å². The molecule has 4 heteroatoms. The second-order valence-corrected chi connectivity index (χ2v) is 6.40. The minimum absolute atomic E-state index is 0.122. The summed E-state index contributed by atoms with van der Waals surface area (Å²) in [6.45, 7) is 13.4. The lowest BCUT2D eigenvalue weighted by molar-refractivity contribution is 0.405. The maximum Gasteiger partial charge on any atom is 0.133 e. The molecule has 3 N–H and O–H groups in total. The minimum Gasteiger partial charge on any atom is -0.364 e. The molecule has 0 amide bonds. The highest BCUT2D eigenvalue weighted by Crippen LogP contribution is 2.22. The molecule has 0 aliphatic heterocycles. The van der Waals surface area contributed by atoms with Crippen molar-refractivity contribution in [2.45, 2.75) is 59.4 Å². The van der Waals surface area contributed by atoms with E-state index in [9.17, 15) is 0 Å². The lowest BCUT2D eigenvalue weighted by atomic mass is 9.91. The Labute approximate surface area is 117 Å². The number of rotatable bonds is 6. The Morgan fingerprint density at radius 3 is 2.37 bits per heavy atom. The molecule has 108 valence electrons. The van der Waals surface area contributed by atoms with Crippen molar-refractivity contribution < 1.29 is 0 Å². The lowest BCUT2D eigenvalue weighted by Crippen LogP contribution is -2.44. The summed E-state index contributed by atoms with van der Waals surface area (Å²) in [6.07, 6.45) is 1.02. The quantitative estimate of drug-likeness (QED) is 0.828. The smallest absolute Gasteiger partial charge is 0.133 e. The summed E-state index contributed by atoms with van der Waals surface area (Å²) < 4.78 is 0. The third kappa shape index (κ3) is 4.78. The van der Waals surface area contributed by atoms with Crippen molar-refractivity contribution in [3.8, 4) is 0 Å². The molecule has 0 saturated heterocycles. The fourth-order valence-corrected chi connectivity index (χ4v) is 2.31. The van der Waals surface area contributed by atoms with E-state index in [-0.39, 0.29) is 5.54 Å². The Kier molecular flexibility index (Phi) is 5.29. The van der Waals surface area contributed by atoms with E-state index in [1.807, 2.05) is 13.0 Å². The first kappa shape index (κ1) is 15.9. The van der Waals surface area contributed by atoms with Gasteiger partial charge in [-0.15, -0.1) is 0 Å². The molecule has 1 aromatic heterocycles. The van der Waals surface area contributed by atoms with Crippen LogP contribution in [0.2, 0.25) is 0 Å². The number of nitrogens with two attached hydrogens (primary N) is 1. The number of anilines is 1. The summed E-state index contributed by atoms with van der Waals surface area (Å²) in [4.78, 5) is 9.06.